The van der Waals surface area contributed by atoms with Gasteiger partial charge in [-0.25, -0.2) is 0 Å². The van der Waals surface area contributed by atoms with Crippen LogP contribution in [0.3, 0.4) is 0 Å². The van der Waals surface area contributed by atoms with E-state index in [-0.39, 0.29) is 34.7 Å². The summed E-state index contributed by atoms with van der Waals surface area (Å²) in [6.07, 6.45) is 1.73. The number of rotatable bonds is 4. The van der Waals surface area contributed by atoms with E-state index in [4.69, 9.17) is 9.47 Å². The SMILES string of the molecule is CC1=C(C)[C@H]2C3=CC[C@@H]4[C@@]5(C)CC[C@H](O)[C@@](C)(CO)[C@@H]5CC[C@@]4(C)[C@]3(C)CC[C@@]2(C(=O)O[C@@H]2O[C@H](CO)[C@@H](O)[C@H](O)[C@H]2O)CC1. The normalized spacial score (nSPS) is 53.0. The summed E-state index contributed by atoms with van der Waals surface area (Å²) in [7, 11) is 0. The van der Waals surface area contributed by atoms with E-state index >= 15 is 0 Å². The molecular formula is C36H56O9. The van der Waals surface area contributed by atoms with Gasteiger partial charge in [0.2, 0.25) is 6.29 Å². The summed E-state index contributed by atoms with van der Waals surface area (Å²) in [5.74, 6) is -0.0281. The largest absolute Gasteiger partial charge is 0.432 e. The number of esters is 1. The number of fused-ring (bicyclic) bond motifs is 7. The minimum Gasteiger partial charge on any atom is -0.432 e. The van der Waals surface area contributed by atoms with Crippen LogP contribution in [0.25, 0.3) is 0 Å². The Morgan fingerprint density at radius 3 is 2.29 bits per heavy atom. The first-order chi connectivity index (χ1) is 21.1. The fourth-order valence-corrected chi connectivity index (χ4v) is 11.8. The van der Waals surface area contributed by atoms with Gasteiger partial charge in [-0.3, -0.25) is 4.79 Å². The molecule has 1 saturated heterocycles. The van der Waals surface area contributed by atoms with Crippen LogP contribution in [0.1, 0.15) is 99.3 Å². The van der Waals surface area contributed by atoms with Crippen molar-refractivity contribution >= 4 is 5.97 Å². The van der Waals surface area contributed by atoms with Crippen molar-refractivity contribution in [1.82, 2.24) is 0 Å². The van der Waals surface area contributed by atoms with Crippen molar-refractivity contribution in [2.24, 2.45) is 44.8 Å². The summed E-state index contributed by atoms with van der Waals surface area (Å²) in [4.78, 5) is 14.4. The summed E-state index contributed by atoms with van der Waals surface area (Å²) < 4.78 is 11.5. The van der Waals surface area contributed by atoms with Gasteiger partial charge in [0.15, 0.2) is 0 Å². The highest BCUT2D eigenvalue weighted by atomic mass is 16.7. The Hall–Kier alpha value is -1.33. The predicted octanol–water partition coefficient (Wildman–Crippen LogP) is 3.38. The van der Waals surface area contributed by atoms with E-state index in [1.165, 1.54) is 16.7 Å². The number of allylic oxidation sites excluding steroid dienone is 4. The monoisotopic (exact) mass is 632 g/mol. The Morgan fingerprint density at radius 2 is 1.62 bits per heavy atom. The number of aliphatic hydroxyl groups excluding tert-OH is 6. The molecule has 0 spiro atoms. The number of hydrogen-bond acceptors (Lipinski definition) is 9. The van der Waals surface area contributed by atoms with E-state index < -0.39 is 60.2 Å². The summed E-state index contributed by atoms with van der Waals surface area (Å²) in [5.41, 5.74) is 2.16. The van der Waals surface area contributed by atoms with E-state index in [1.54, 1.807) is 0 Å². The molecule has 1 aliphatic heterocycles. The summed E-state index contributed by atoms with van der Waals surface area (Å²) in [5, 5.41) is 62.6. The first-order valence-corrected chi connectivity index (χ1v) is 17.2. The van der Waals surface area contributed by atoms with Crippen molar-refractivity contribution in [2.75, 3.05) is 13.2 Å². The Labute approximate surface area is 267 Å². The number of carbonyl (C=O) groups is 1. The Morgan fingerprint density at radius 1 is 0.911 bits per heavy atom. The molecule has 45 heavy (non-hydrogen) atoms. The minimum atomic E-state index is -1.64. The zero-order valence-electron chi connectivity index (χ0n) is 28.0. The Kier molecular flexibility index (Phi) is 8.29. The lowest BCUT2D eigenvalue weighted by atomic mass is 9.33. The van der Waals surface area contributed by atoms with Crippen LogP contribution < -0.4 is 0 Å². The highest BCUT2D eigenvalue weighted by molar-refractivity contribution is 5.80. The summed E-state index contributed by atoms with van der Waals surface area (Å²) in [6.45, 7) is 13.0. The van der Waals surface area contributed by atoms with Crippen LogP contribution in [0.4, 0.5) is 0 Å². The third-order valence-electron chi connectivity index (χ3n) is 15.1. The van der Waals surface area contributed by atoms with E-state index in [0.29, 0.717) is 25.2 Å². The molecule has 9 nitrogen and oxygen atoms in total. The van der Waals surface area contributed by atoms with Crippen molar-refractivity contribution in [3.05, 3.63) is 22.8 Å². The molecule has 14 atom stereocenters. The van der Waals surface area contributed by atoms with Gasteiger partial charge in [-0.15, -0.1) is 0 Å². The molecule has 0 aromatic carbocycles. The zero-order valence-corrected chi connectivity index (χ0v) is 28.0. The molecule has 3 saturated carbocycles. The third-order valence-corrected chi connectivity index (χ3v) is 15.1. The molecule has 5 aliphatic carbocycles. The van der Waals surface area contributed by atoms with Crippen LogP contribution in [0.5, 0.6) is 0 Å². The van der Waals surface area contributed by atoms with Crippen LogP contribution in [0.2, 0.25) is 0 Å². The van der Waals surface area contributed by atoms with Crippen molar-refractivity contribution in [3.63, 3.8) is 0 Å². The fourth-order valence-electron chi connectivity index (χ4n) is 11.8. The molecule has 0 aromatic rings. The Bertz CT molecular complexity index is 1260. The second-order valence-corrected chi connectivity index (χ2v) is 16.7. The van der Waals surface area contributed by atoms with Gasteiger partial charge in [-0.1, -0.05) is 50.5 Å². The lowest BCUT2D eigenvalue weighted by molar-refractivity contribution is -0.296. The average molecular weight is 633 g/mol. The first kappa shape index (κ1) is 33.6. The molecule has 4 fully saturated rings. The van der Waals surface area contributed by atoms with E-state index in [1.807, 2.05) is 0 Å². The molecule has 6 N–H and O–H groups in total. The van der Waals surface area contributed by atoms with Gasteiger partial charge in [0.05, 0.1) is 24.7 Å². The highest BCUT2D eigenvalue weighted by Crippen LogP contribution is 2.75. The molecule has 6 rings (SSSR count). The Balaban J connectivity index is 1.37. The van der Waals surface area contributed by atoms with Crippen molar-refractivity contribution in [3.8, 4) is 0 Å². The van der Waals surface area contributed by atoms with Gasteiger partial charge >= 0.3 is 5.97 Å². The van der Waals surface area contributed by atoms with E-state index in [2.05, 4.69) is 47.6 Å². The van der Waals surface area contributed by atoms with Crippen molar-refractivity contribution in [1.29, 1.82) is 0 Å². The quantitative estimate of drug-likeness (QED) is 0.202. The van der Waals surface area contributed by atoms with Crippen LogP contribution in [0.15, 0.2) is 22.8 Å². The number of aliphatic hydroxyl groups is 6. The van der Waals surface area contributed by atoms with Gasteiger partial charge in [0, 0.05) is 11.3 Å². The lowest BCUT2D eigenvalue weighted by Gasteiger charge is -2.71. The zero-order chi connectivity index (χ0) is 32.9. The number of hydrogen-bond donors (Lipinski definition) is 6. The maximum atomic E-state index is 14.4. The standard InChI is InChI=1S/C36H56O9/c1-19-9-14-36(31(43)45-30-29(42)28(41)27(40)22(17-37)44-30)16-15-34(5)21(26(36)20(19)2)7-8-24-32(3)12-11-25(39)33(4,18-38)23(32)10-13-35(24,34)6/h7,22-30,37-42H,8-18H2,1-6H3/t22-,23-,24-,25+,26+,27-,28+,29-,30+,32+,33+,34-,35-,36+/m1/s1. The first-order valence-electron chi connectivity index (χ1n) is 17.2. The summed E-state index contributed by atoms with van der Waals surface area (Å²) in [6, 6.07) is 0. The maximum absolute atomic E-state index is 14.4. The fraction of sp³-hybridized carbons (Fsp3) is 0.861. The van der Waals surface area contributed by atoms with Crippen LogP contribution in [-0.2, 0) is 14.3 Å². The van der Waals surface area contributed by atoms with Gasteiger partial charge in [0.25, 0.3) is 0 Å². The van der Waals surface area contributed by atoms with Gasteiger partial charge in [-0.2, -0.15) is 0 Å². The molecule has 254 valence electrons. The maximum Gasteiger partial charge on any atom is 0.315 e. The van der Waals surface area contributed by atoms with Crippen molar-refractivity contribution in [2.45, 2.75) is 136 Å². The summed E-state index contributed by atoms with van der Waals surface area (Å²) >= 11 is 0. The second-order valence-electron chi connectivity index (χ2n) is 16.7. The molecule has 0 amide bonds. The average Bonchev–Trinajstić information content (AvgIpc) is 3.01. The van der Waals surface area contributed by atoms with Crippen LogP contribution >= 0.6 is 0 Å². The highest BCUT2D eigenvalue weighted by Gasteiger charge is 2.69. The molecule has 6 aliphatic rings. The number of carbonyl (C=O) groups excluding carboxylic acids is 1. The molecule has 0 aromatic heterocycles. The van der Waals surface area contributed by atoms with Gasteiger partial charge < -0.3 is 40.1 Å². The molecule has 0 bridgehead atoms. The topological polar surface area (TPSA) is 157 Å². The van der Waals surface area contributed by atoms with Crippen LogP contribution in [0, 0.1) is 44.8 Å². The molecule has 0 unspecified atom stereocenters. The minimum absolute atomic E-state index is 0.0133. The second kappa shape index (κ2) is 11.1. The number of ether oxygens (including phenoxy) is 2. The van der Waals surface area contributed by atoms with E-state index in [0.717, 1.165) is 38.5 Å². The lowest BCUT2D eigenvalue weighted by Crippen LogP contribution is -2.66. The molecule has 0 radical (unpaired) electrons. The predicted molar refractivity (Wildman–Crippen MR) is 166 cm³/mol. The smallest absolute Gasteiger partial charge is 0.315 e. The van der Waals surface area contributed by atoms with Crippen LogP contribution in [-0.4, -0.2) is 86.6 Å². The van der Waals surface area contributed by atoms with E-state index in [9.17, 15) is 35.4 Å². The van der Waals surface area contributed by atoms with Crippen molar-refractivity contribution < 1.29 is 44.9 Å². The van der Waals surface area contributed by atoms with Gasteiger partial charge in [-0.05, 0) is 99.7 Å². The van der Waals surface area contributed by atoms with Gasteiger partial charge in [0.1, 0.15) is 24.4 Å². The third kappa shape index (κ3) is 4.40. The molecule has 9 heteroatoms. The molecular weight excluding hydrogens is 576 g/mol. The molecule has 1 heterocycles.